The normalized spacial score (nSPS) is 12.0. The van der Waals surface area contributed by atoms with Gasteiger partial charge in [0.05, 0.1) is 5.60 Å². The van der Waals surface area contributed by atoms with Crippen LogP contribution in [-0.2, 0) is 0 Å². The van der Waals surface area contributed by atoms with Crippen LogP contribution in [0.25, 0.3) is 0 Å². The predicted molar refractivity (Wildman–Crippen MR) is 39.3 cm³/mol. The highest BCUT2D eigenvalue weighted by molar-refractivity contribution is 7.98. The van der Waals surface area contributed by atoms with E-state index in [-0.39, 0.29) is 0 Å². The van der Waals surface area contributed by atoms with Crippen molar-refractivity contribution in [2.75, 3.05) is 12.0 Å². The molecule has 0 aromatic rings. The van der Waals surface area contributed by atoms with E-state index < -0.39 is 5.60 Å². The lowest BCUT2D eigenvalue weighted by atomic mass is 10.1. The Labute approximate surface area is 55.5 Å². The largest absolute Gasteiger partial charge is 0.390 e. The van der Waals surface area contributed by atoms with Crippen molar-refractivity contribution in [3.05, 3.63) is 0 Å². The summed E-state index contributed by atoms with van der Waals surface area (Å²) in [4.78, 5) is 0. The van der Waals surface area contributed by atoms with E-state index in [2.05, 4.69) is 0 Å². The average Bonchev–Trinajstić information content (AvgIpc) is 1.59. The number of thioether (sulfide) groups is 1. The van der Waals surface area contributed by atoms with E-state index >= 15 is 0 Å². The molecule has 0 bridgehead atoms. The first-order chi connectivity index (χ1) is 3.56. The van der Waals surface area contributed by atoms with Gasteiger partial charge in [0.1, 0.15) is 0 Å². The monoisotopic (exact) mass is 134 g/mol. The first-order valence-electron chi connectivity index (χ1n) is 2.77. The molecule has 2 heteroatoms. The van der Waals surface area contributed by atoms with Gasteiger partial charge >= 0.3 is 0 Å². The Morgan fingerprint density at radius 1 is 1.50 bits per heavy atom. The topological polar surface area (TPSA) is 20.2 Å². The van der Waals surface area contributed by atoms with Crippen LogP contribution in [0.15, 0.2) is 0 Å². The summed E-state index contributed by atoms with van der Waals surface area (Å²) >= 11 is 1.77. The van der Waals surface area contributed by atoms with Gasteiger partial charge in [0.2, 0.25) is 0 Å². The molecule has 8 heavy (non-hydrogen) atoms. The maximum absolute atomic E-state index is 9.14. The summed E-state index contributed by atoms with van der Waals surface area (Å²) in [5.41, 5.74) is -0.469. The molecule has 0 fully saturated rings. The summed E-state index contributed by atoms with van der Waals surface area (Å²) in [7, 11) is 0. The maximum atomic E-state index is 9.14. The molecule has 0 unspecified atom stereocenters. The number of hydrogen-bond donors (Lipinski definition) is 1. The van der Waals surface area contributed by atoms with E-state index in [1.54, 1.807) is 11.8 Å². The van der Waals surface area contributed by atoms with Gasteiger partial charge in [0.25, 0.3) is 0 Å². The molecule has 0 aliphatic heterocycles. The minimum Gasteiger partial charge on any atom is -0.390 e. The molecule has 0 spiro atoms. The fraction of sp³-hybridized carbons (Fsp3) is 1.00. The Morgan fingerprint density at radius 3 is 2.12 bits per heavy atom. The van der Waals surface area contributed by atoms with E-state index in [0.29, 0.717) is 0 Å². The summed E-state index contributed by atoms with van der Waals surface area (Å²) in [6, 6.07) is 0. The zero-order valence-electron chi connectivity index (χ0n) is 5.77. The highest BCUT2D eigenvalue weighted by Gasteiger charge is 2.09. The molecule has 0 rings (SSSR count). The SMILES string of the molecule is CSCCC(C)(C)O. The number of hydrogen-bond acceptors (Lipinski definition) is 2. The van der Waals surface area contributed by atoms with E-state index in [1.807, 2.05) is 20.1 Å². The Kier molecular flexibility index (Phi) is 3.49. The van der Waals surface area contributed by atoms with Crippen molar-refractivity contribution in [3.8, 4) is 0 Å². The molecule has 1 N–H and O–H groups in total. The van der Waals surface area contributed by atoms with Crippen LogP contribution in [0.1, 0.15) is 20.3 Å². The second-order valence-corrected chi connectivity index (χ2v) is 3.54. The van der Waals surface area contributed by atoms with Crippen LogP contribution in [0.5, 0.6) is 0 Å². The lowest BCUT2D eigenvalue weighted by Gasteiger charge is -2.14. The maximum Gasteiger partial charge on any atom is 0.0599 e. The van der Waals surface area contributed by atoms with Crippen LogP contribution in [0.4, 0.5) is 0 Å². The molecule has 1 nitrogen and oxygen atoms in total. The molecule has 50 valence electrons. The fourth-order valence-electron chi connectivity index (χ4n) is 0.352. The van der Waals surface area contributed by atoms with Crippen molar-refractivity contribution in [1.82, 2.24) is 0 Å². The Hall–Kier alpha value is 0.310. The van der Waals surface area contributed by atoms with Gasteiger partial charge in [0.15, 0.2) is 0 Å². The summed E-state index contributed by atoms with van der Waals surface area (Å²) in [5, 5.41) is 9.14. The second kappa shape index (κ2) is 3.36. The first-order valence-corrected chi connectivity index (χ1v) is 4.17. The molecule has 0 saturated heterocycles. The van der Waals surface area contributed by atoms with Crippen molar-refractivity contribution in [3.63, 3.8) is 0 Å². The predicted octanol–water partition coefficient (Wildman–Crippen LogP) is 1.51. The molecule has 0 aromatic carbocycles. The zero-order chi connectivity index (χ0) is 6.62. The summed E-state index contributed by atoms with van der Waals surface area (Å²) in [6.45, 7) is 3.67. The molecule has 0 radical (unpaired) electrons. The van der Waals surface area contributed by atoms with E-state index in [1.165, 1.54) is 0 Å². The fourth-order valence-corrected chi connectivity index (χ4v) is 1.06. The van der Waals surface area contributed by atoms with Crippen LogP contribution >= 0.6 is 11.8 Å². The molecule has 0 aliphatic rings. The van der Waals surface area contributed by atoms with Crippen LogP contribution in [-0.4, -0.2) is 22.7 Å². The molecule has 0 aliphatic carbocycles. The number of aliphatic hydroxyl groups is 1. The van der Waals surface area contributed by atoms with E-state index in [9.17, 15) is 0 Å². The lowest BCUT2D eigenvalue weighted by molar-refractivity contribution is 0.0778. The van der Waals surface area contributed by atoms with Gasteiger partial charge in [-0.05, 0) is 32.3 Å². The number of rotatable bonds is 3. The van der Waals surface area contributed by atoms with E-state index in [0.717, 1.165) is 12.2 Å². The van der Waals surface area contributed by atoms with Crippen molar-refractivity contribution in [2.45, 2.75) is 25.9 Å². The Balaban J connectivity index is 3.11. The van der Waals surface area contributed by atoms with Crippen molar-refractivity contribution < 1.29 is 5.11 Å². The summed E-state index contributed by atoms with van der Waals surface area (Å²) in [5.74, 6) is 1.05. The third-order valence-corrected chi connectivity index (χ3v) is 1.53. The summed E-state index contributed by atoms with van der Waals surface area (Å²) in [6.07, 6.45) is 2.93. The highest BCUT2D eigenvalue weighted by atomic mass is 32.2. The lowest BCUT2D eigenvalue weighted by Crippen LogP contribution is -2.18. The molecule has 0 aromatic heterocycles. The summed E-state index contributed by atoms with van der Waals surface area (Å²) < 4.78 is 0. The molecule has 0 saturated carbocycles. The van der Waals surface area contributed by atoms with Gasteiger partial charge in [0, 0.05) is 0 Å². The van der Waals surface area contributed by atoms with Gasteiger partial charge in [-0.25, -0.2) is 0 Å². The van der Waals surface area contributed by atoms with Crippen LogP contribution in [0.2, 0.25) is 0 Å². The quantitative estimate of drug-likeness (QED) is 0.631. The van der Waals surface area contributed by atoms with Crippen molar-refractivity contribution in [1.29, 1.82) is 0 Å². The molecule has 0 heterocycles. The van der Waals surface area contributed by atoms with Crippen LogP contribution < -0.4 is 0 Å². The molecular weight excluding hydrogens is 120 g/mol. The first kappa shape index (κ1) is 8.31. The van der Waals surface area contributed by atoms with Crippen LogP contribution in [0.3, 0.4) is 0 Å². The molecule has 0 amide bonds. The Morgan fingerprint density at radius 2 is 2.00 bits per heavy atom. The van der Waals surface area contributed by atoms with Gasteiger partial charge in [-0.2, -0.15) is 11.8 Å². The Bertz CT molecular complexity index is 56.0. The third-order valence-electron chi connectivity index (χ3n) is 0.918. The molecule has 0 atom stereocenters. The van der Waals surface area contributed by atoms with E-state index in [4.69, 9.17) is 5.11 Å². The standard InChI is InChI=1S/C6H14OS/c1-6(2,7)4-5-8-3/h7H,4-5H2,1-3H3. The zero-order valence-corrected chi connectivity index (χ0v) is 6.59. The minimum absolute atomic E-state index is 0.469. The van der Waals surface area contributed by atoms with Crippen LogP contribution in [0, 0.1) is 0 Å². The van der Waals surface area contributed by atoms with Crippen molar-refractivity contribution in [2.24, 2.45) is 0 Å². The van der Waals surface area contributed by atoms with Gasteiger partial charge in [-0.15, -0.1) is 0 Å². The average molecular weight is 134 g/mol. The third kappa shape index (κ3) is 6.31. The second-order valence-electron chi connectivity index (χ2n) is 2.56. The highest BCUT2D eigenvalue weighted by Crippen LogP contribution is 2.09. The smallest absolute Gasteiger partial charge is 0.0599 e. The van der Waals surface area contributed by atoms with Gasteiger partial charge < -0.3 is 5.11 Å². The van der Waals surface area contributed by atoms with Gasteiger partial charge in [-0.1, -0.05) is 0 Å². The minimum atomic E-state index is -0.469. The van der Waals surface area contributed by atoms with Crippen molar-refractivity contribution >= 4 is 11.8 Å². The molecular formula is C6H14OS. The van der Waals surface area contributed by atoms with Gasteiger partial charge in [-0.3, -0.25) is 0 Å².